The monoisotopic (exact) mass is 928 g/mol. The van der Waals surface area contributed by atoms with Crippen LogP contribution in [0.15, 0.2) is 47.4 Å². The largest absolute Gasteiger partial charge is 0.478 e. The van der Waals surface area contributed by atoms with Crippen LogP contribution in [0.1, 0.15) is 87.2 Å². The zero-order valence-electron chi connectivity index (χ0n) is 37.4. The van der Waals surface area contributed by atoms with E-state index in [4.69, 9.17) is 21.3 Å². The smallest absolute Gasteiger partial charge is 0.293 e. The maximum atomic E-state index is 16.6. The summed E-state index contributed by atoms with van der Waals surface area (Å²) in [5, 5.41) is 9.12. The highest BCUT2D eigenvalue weighted by atomic mass is 35.5. The number of anilines is 4. The SMILES string of the molecule is CNC(=O)COc1cc2cc(Nc3nc(N4CCC(F)(CN5CCC6(CC5)CCN(c5cc(F)cc7c5CN(C5CCC(=O)NC5=O)C7=O)CC6)CC4)ncc3Cl)ccc2n(C(C)C)c1=O. The van der Waals surface area contributed by atoms with Crippen molar-refractivity contribution in [3.8, 4) is 5.75 Å². The Morgan fingerprint density at radius 2 is 1.68 bits per heavy atom. The number of likely N-dealkylation sites (tertiary alicyclic amines) is 1. The maximum Gasteiger partial charge on any atom is 0.293 e. The van der Waals surface area contributed by atoms with Crippen molar-refractivity contribution < 1.29 is 32.7 Å². The summed E-state index contributed by atoms with van der Waals surface area (Å²) in [6.07, 6.45) is 6.28. The van der Waals surface area contributed by atoms with Gasteiger partial charge in [-0.3, -0.25) is 29.3 Å². The highest BCUT2D eigenvalue weighted by Crippen LogP contribution is 2.45. The summed E-state index contributed by atoms with van der Waals surface area (Å²) in [6, 6.07) is 8.95. The predicted molar refractivity (Wildman–Crippen MR) is 246 cm³/mol. The van der Waals surface area contributed by atoms with Gasteiger partial charge in [0.05, 0.1) is 11.7 Å². The number of hydrogen-bond donors (Lipinski definition) is 3. The summed E-state index contributed by atoms with van der Waals surface area (Å²) in [6.45, 7) is 7.94. The van der Waals surface area contributed by atoms with Crippen molar-refractivity contribution in [2.75, 3.05) is 74.6 Å². The molecule has 5 aliphatic rings. The Labute approximate surface area is 386 Å². The highest BCUT2D eigenvalue weighted by molar-refractivity contribution is 6.33. The Balaban J connectivity index is 0.784. The summed E-state index contributed by atoms with van der Waals surface area (Å²) in [7, 11) is 1.50. The van der Waals surface area contributed by atoms with Crippen LogP contribution in [0, 0.1) is 11.2 Å². The average molecular weight is 929 g/mol. The molecule has 2 aromatic carbocycles. The van der Waals surface area contributed by atoms with Crippen molar-refractivity contribution in [1.82, 2.24) is 35.0 Å². The van der Waals surface area contributed by atoms with E-state index in [2.05, 4.69) is 30.7 Å². The first-order valence-corrected chi connectivity index (χ1v) is 23.2. The van der Waals surface area contributed by atoms with Gasteiger partial charge in [-0.1, -0.05) is 11.6 Å². The van der Waals surface area contributed by atoms with Gasteiger partial charge in [-0.2, -0.15) is 4.98 Å². The number of carbonyl (C=O) groups excluding carboxylic acids is 4. The molecule has 0 radical (unpaired) electrons. The van der Waals surface area contributed by atoms with E-state index in [0.29, 0.717) is 84.6 Å². The molecule has 7 heterocycles. The Hall–Kier alpha value is -5.88. The van der Waals surface area contributed by atoms with Crippen LogP contribution in [-0.4, -0.2) is 119 Å². The van der Waals surface area contributed by atoms with E-state index in [1.165, 1.54) is 30.3 Å². The van der Waals surface area contributed by atoms with Crippen LogP contribution in [0.3, 0.4) is 0 Å². The molecule has 0 saturated carbocycles. The minimum atomic E-state index is -1.36. The molecule has 1 spiro atoms. The van der Waals surface area contributed by atoms with Gasteiger partial charge in [0.2, 0.25) is 17.8 Å². The second kappa shape index (κ2) is 18.1. The third kappa shape index (κ3) is 9.00. The number of benzene rings is 2. The molecule has 0 aliphatic carbocycles. The minimum absolute atomic E-state index is 0.0608. The van der Waals surface area contributed by atoms with Crippen LogP contribution in [0.5, 0.6) is 5.75 Å². The normalized spacial score (nSPS) is 20.8. The lowest BCUT2D eigenvalue weighted by Gasteiger charge is -2.49. The van der Waals surface area contributed by atoms with Crippen molar-refractivity contribution in [2.24, 2.45) is 5.41 Å². The quantitative estimate of drug-likeness (QED) is 0.162. The maximum absolute atomic E-state index is 16.6. The summed E-state index contributed by atoms with van der Waals surface area (Å²) in [5.41, 5.74) is 1.46. The van der Waals surface area contributed by atoms with Gasteiger partial charge in [0, 0.05) is 99.5 Å². The number of ether oxygens (including phenoxy) is 1. The van der Waals surface area contributed by atoms with Crippen LogP contribution >= 0.6 is 11.6 Å². The van der Waals surface area contributed by atoms with Gasteiger partial charge < -0.3 is 39.5 Å². The molecule has 350 valence electrons. The number of rotatable bonds is 11. The van der Waals surface area contributed by atoms with E-state index in [1.54, 1.807) is 10.6 Å². The second-order valence-corrected chi connectivity index (χ2v) is 19.2. The number of amides is 4. The molecule has 4 amide bonds. The first-order valence-electron chi connectivity index (χ1n) is 22.8. The van der Waals surface area contributed by atoms with E-state index in [1.807, 2.05) is 36.9 Å². The summed E-state index contributed by atoms with van der Waals surface area (Å²) >= 11 is 6.59. The standard InChI is InChI=1S/C47H55ClF2N10O6/c1-28(2)60-35-5-4-31(20-29(35)21-38(44(60)65)66-26-40(62)51-3)53-41-34(48)24-52-45(55-41)58-18-12-47(50,13-19-58)27-56-14-8-46(9-15-56)10-16-57(17-11-46)37-23-30(49)22-32-33(37)25-59(43(32)64)36-6-7-39(61)54-42(36)63/h4-5,20-24,28,36H,6-19,25-27H2,1-3H3,(H,51,62)(H,52,53,55)(H,54,61,63). The van der Waals surface area contributed by atoms with Gasteiger partial charge >= 0.3 is 0 Å². The fraction of sp³-hybridized carbons (Fsp3) is 0.511. The fourth-order valence-corrected chi connectivity index (χ4v) is 10.6. The number of imide groups is 1. The van der Waals surface area contributed by atoms with Gasteiger partial charge in [-0.05, 0) is 101 Å². The lowest BCUT2D eigenvalue weighted by Crippen LogP contribution is -2.52. The van der Waals surface area contributed by atoms with Crippen molar-refractivity contribution in [3.05, 3.63) is 74.9 Å². The van der Waals surface area contributed by atoms with Crippen LogP contribution in [0.4, 0.5) is 31.9 Å². The van der Waals surface area contributed by atoms with Gasteiger partial charge in [-0.15, -0.1) is 0 Å². The van der Waals surface area contributed by atoms with Crippen LogP contribution in [0.2, 0.25) is 5.02 Å². The van der Waals surface area contributed by atoms with Gasteiger partial charge in [0.15, 0.2) is 18.2 Å². The lowest BCUT2D eigenvalue weighted by atomic mass is 9.71. The van der Waals surface area contributed by atoms with Crippen LogP contribution in [-0.2, 0) is 20.9 Å². The Morgan fingerprint density at radius 1 is 0.970 bits per heavy atom. The molecule has 19 heteroatoms. The Morgan fingerprint density at radius 3 is 2.38 bits per heavy atom. The van der Waals surface area contributed by atoms with Gasteiger partial charge in [0.1, 0.15) is 22.6 Å². The zero-order chi connectivity index (χ0) is 46.5. The number of aromatic nitrogens is 3. The fourth-order valence-electron chi connectivity index (χ4n) is 10.4. The van der Waals surface area contributed by atoms with Crippen LogP contribution in [0.25, 0.3) is 10.9 Å². The number of alkyl halides is 1. The van der Waals surface area contributed by atoms with Crippen LogP contribution < -0.4 is 36.0 Å². The molecule has 5 aliphatic heterocycles. The summed E-state index contributed by atoms with van der Waals surface area (Å²) in [4.78, 5) is 80.0. The summed E-state index contributed by atoms with van der Waals surface area (Å²) in [5.74, 6) is -1.20. The molecule has 1 atom stereocenters. The number of nitrogens with one attached hydrogen (secondary N) is 3. The van der Waals surface area contributed by atoms with E-state index in [-0.39, 0.29) is 72.0 Å². The lowest BCUT2D eigenvalue weighted by molar-refractivity contribution is -0.137. The summed E-state index contributed by atoms with van der Waals surface area (Å²) < 4.78 is 38.8. The van der Waals surface area contributed by atoms with E-state index >= 15 is 8.78 Å². The predicted octanol–water partition coefficient (Wildman–Crippen LogP) is 5.49. The molecular weight excluding hydrogens is 874 g/mol. The van der Waals surface area contributed by atoms with Gasteiger partial charge in [0.25, 0.3) is 17.4 Å². The van der Waals surface area contributed by atoms with Gasteiger partial charge in [-0.25, -0.2) is 13.8 Å². The van der Waals surface area contributed by atoms with Crippen molar-refractivity contribution in [2.45, 2.75) is 89.5 Å². The third-order valence-corrected chi connectivity index (χ3v) is 14.6. The van der Waals surface area contributed by atoms with Crippen molar-refractivity contribution in [1.29, 1.82) is 0 Å². The Bertz CT molecular complexity index is 2640. The Kier molecular flexibility index (Phi) is 12.4. The average Bonchev–Trinajstić information content (AvgIpc) is 3.62. The number of fused-ring (bicyclic) bond motifs is 2. The van der Waals surface area contributed by atoms with E-state index < -0.39 is 23.4 Å². The number of likely N-dealkylation sites (N-methyl/N-ethyl adjacent to an activating group) is 1. The second-order valence-electron chi connectivity index (χ2n) is 18.8. The van der Waals surface area contributed by atoms with Crippen molar-refractivity contribution >= 4 is 69.3 Å². The topological polar surface area (TPSA) is 174 Å². The first-order chi connectivity index (χ1) is 31.6. The molecule has 16 nitrogen and oxygen atoms in total. The number of piperidine rings is 4. The molecule has 3 N–H and O–H groups in total. The number of carbonyl (C=O) groups is 4. The van der Waals surface area contributed by atoms with Crippen molar-refractivity contribution in [3.63, 3.8) is 0 Å². The molecule has 0 bridgehead atoms. The molecule has 66 heavy (non-hydrogen) atoms. The van der Waals surface area contributed by atoms with E-state index in [0.717, 1.165) is 44.3 Å². The highest BCUT2D eigenvalue weighted by Gasteiger charge is 2.44. The molecule has 2 aromatic heterocycles. The number of pyridine rings is 1. The third-order valence-electron chi connectivity index (χ3n) is 14.3. The minimum Gasteiger partial charge on any atom is -0.478 e. The first kappa shape index (κ1) is 45.3. The molecule has 4 fully saturated rings. The molecular formula is C47H55ClF2N10O6. The van der Waals surface area contributed by atoms with E-state index in [9.17, 15) is 24.0 Å². The molecule has 9 rings (SSSR count). The molecule has 4 saturated heterocycles. The molecule has 4 aromatic rings. The number of hydrogen-bond acceptors (Lipinski definition) is 12. The zero-order valence-corrected chi connectivity index (χ0v) is 38.2. The number of halogens is 3. The number of nitrogens with zero attached hydrogens (tertiary/aromatic N) is 7. The molecule has 1 unspecified atom stereocenters.